The summed E-state index contributed by atoms with van der Waals surface area (Å²) in [5.74, 6) is -0.348. The molecule has 0 spiro atoms. The van der Waals surface area contributed by atoms with Crippen LogP contribution < -0.4 is 4.90 Å². The molecule has 0 fully saturated rings. The third kappa shape index (κ3) is 2.91. The van der Waals surface area contributed by atoms with E-state index in [2.05, 4.69) is 4.98 Å². The normalized spacial score (nSPS) is 9.69. The van der Waals surface area contributed by atoms with E-state index in [0.717, 1.165) is 0 Å². The van der Waals surface area contributed by atoms with Crippen molar-refractivity contribution in [1.82, 2.24) is 4.98 Å². The summed E-state index contributed by atoms with van der Waals surface area (Å²) in [4.78, 5) is 15.8. The Bertz CT molecular complexity index is 317. The van der Waals surface area contributed by atoms with E-state index in [0.29, 0.717) is 11.0 Å². The molecule has 0 bridgehead atoms. The predicted molar refractivity (Wildman–Crippen MR) is 50.2 cm³/mol. The fraction of sp³-hybridized carbons (Fsp3) is 0.250. The number of nitrogens with zero attached hydrogens (tertiary/aromatic N) is 2. The Hall–Kier alpha value is -1.29. The number of likely N-dealkylation sites (N-methyl/N-ethyl adjacent to an activating group) is 1. The van der Waals surface area contributed by atoms with Gasteiger partial charge in [-0.15, -0.1) is 0 Å². The zero-order chi connectivity index (χ0) is 9.84. The Labute approximate surface area is 80.8 Å². The van der Waals surface area contributed by atoms with Gasteiger partial charge in [-0.25, -0.2) is 4.98 Å². The predicted octanol–water partition coefficient (Wildman–Crippen LogP) is 1.26. The van der Waals surface area contributed by atoms with Crippen molar-refractivity contribution in [3.8, 4) is 0 Å². The lowest BCUT2D eigenvalue weighted by molar-refractivity contribution is -0.135. The van der Waals surface area contributed by atoms with Crippen LogP contribution in [0.4, 0.5) is 5.82 Å². The van der Waals surface area contributed by atoms with Crippen LogP contribution in [0.3, 0.4) is 0 Å². The van der Waals surface area contributed by atoms with Crippen LogP contribution in [0, 0.1) is 0 Å². The van der Waals surface area contributed by atoms with E-state index >= 15 is 0 Å². The number of hydrogen-bond acceptors (Lipinski definition) is 3. The molecule has 0 atom stereocenters. The van der Waals surface area contributed by atoms with Crippen LogP contribution in [-0.2, 0) is 4.79 Å². The van der Waals surface area contributed by atoms with Crippen LogP contribution in [0.15, 0.2) is 18.2 Å². The van der Waals surface area contributed by atoms with Crippen LogP contribution in [0.1, 0.15) is 0 Å². The highest BCUT2D eigenvalue weighted by molar-refractivity contribution is 6.29. The van der Waals surface area contributed by atoms with Gasteiger partial charge in [-0.2, -0.15) is 0 Å². The van der Waals surface area contributed by atoms with Crippen LogP contribution >= 0.6 is 11.6 Å². The molecule has 1 heterocycles. The first kappa shape index (κ1) is 9.80. The zero-order valence-electron chi connectivity index (χ0n) is 7.07. The SMILES string of the molecule is CN(CC(=O)O)c1cccc(Cl)n1. The number of halogens is 1. The molecule has 1 N–H and O–H groups in total. The second-order valence-electron chi connectivity index (χ2n) is 2.57. The number of anilines is 1. The van der Waals surface area contributed by atoms with Crippen molar-refractivity contribution in [3.05, 3.63) is 23.4 Å². The van der Waals surface area contributed by atoms with E-state index in [4.69, 9.17) is 16.7 Å². The fourth-order valence-corrected chi connectivity index (χ4v) is 1.05. The standard InChI is InChI=1S/C8H9ClN2O2/c1-11(5-8(12)13)7-4-2-3-6(9)10-7/h2-4H,5H2,1H3,(H,12,13). The largest absolute Gasteiger partial charge is 0.480 e. The monoisotopic (exact) mass is 200 g/mol. The number of carboxylic acid groups (broad SMARTS) is 1. The van der Waals surface area contributed by atoms with Crippen molar-refractivity contribution < 1.29 is 9.90 Å². The summed E-state index contributed by atoms with van der Waals surface area (Å²) in [7, 11) is 1.65. The van der Waals surface area contributed by atoms with Crippen LogP contribution in [0.5, 0.6) is 0 Å². The number of aromatic nitrogens is 1. The van der Waals surface area contributed by atoms with Gasteiger partial charge >= 0.3 is 5.97 Å². The van der Waals surface area contributed by atoms with Crippen molar-refractivity contribution in [3.63, 3.8) is 0 Å². The number of carboxylic acids is 1. The van der Waals surface area contributed by atoms with Crippen molar-refractivity contribution in [1.29, 1.82) is 0 Å². The summed E-state index contributed by atoms with van der Waals surface area (Å²) in [6.07, 6.45) is 0. The second-order valence-corrected chi connectivity index (χ2v) is 2.96. The van der Waals surface area contributed by atoms with Gasteiger partial charge in [0.25, 0.3) is 0 Å². The molecule has 0 saturated heterocycles. The van der Waals surface area contributed by atoms with E-state index in [-0.39, 0.29) is 6.54 Å². The van der Waals surface area contributed by atoms with Gasteiger partial charge in [0, 0.05) is 7.05 Å². The summed E-state index contributed by atoms with van der Waals surface area (Å²) >= 11 is 5.64. The first-order valence-corrected chi connectivity index (χ1v) is 4.03. The van der Waals surface area contributed by atoms with E-state index in [1.165, 1.54) is 4.90 Å². The van der Waals surface area contributed by atoms with Gasteiger partial charge < -0.3 is 10.0 Å². The molecule has 70 valence electrons. The molecule has 0 saturated carbocycles. The van der Waals surface area contributed by atoms with Crippen molar-refractivity contribution in [2.24, 2.45) is 0 Å². The van der Waals surface area contributed by atoms with E-state index in [9.17, 15) is 4.79 Å². The second kappa shape index (κ2) is 4.09. The maximum Gasteiger partial charge on any atom is 0.323 e. The van der Waals surface area contributed by atoms with Gasteiger partial charge in [0.05, 0.1) is 0 Å². The molecular weight excluding hydrogens is 192 g/mol. The molecule has 0 aliphatic carbocycles. The highest BCUT2D eigenvalue weighted by Gasteiger charge is 2.06. The summed E-state index contributed by atoms with van der Waals surface area (Å²) in [6, 6.07) is 5.07. The van der Waals surface area contributed by atoms with Gasteiger partial charge in [-0.3, -0.25) is 4.79 Å². The minimum absolute atomic E-state index is 0.0899. The Morgan fingerprint density at radius 2 is 2.38 bits per heavy atom. The van der Waals surface area contributed by atoms with E-state index < -0.39 is 5.97 Å². The molecule has 0 unspecified atom stereocenters. The molecule has 4 nitrogen and oxygen atoms in total. The van der Waals surface area contributed by atoms with Crippen LogP contribution in [-0.4, -0.2) is 29.7 Å². The summed E-state index contributed by atoms with van der Waals surface area (Å²) in [6.45, 7) is -0.0899. The fourth-order valence-electron chi connectivity index (χ4n) is 0.894. The number of pyridine rings is 1. The Morgan fingerprint density at radius 1 is 1.69 bits per heavy atom. The van der Waals surface area contributed by atoms with Crippen LogP contribution in [0.2, 0.25) is 5.15 Å². The number of rotatable bonds is 3. The Morgan fingerprint density at radius 3 is 2.92 bits per heavy atom. The summed E-state index contributed by atoms with van der Waals surface area (Å²) in [5, 5.41) is 8.87. The molecule has 0 aliphatic rings. The van der Waals surface area contributed by atoms with Crippen molar-refractivity contribution in [2.45, 2.75) is 0 Å². The topological polar surface area (TPSA) is 53.4 Å². The lowest BCUT2D eigenvalue weighted by atomic mass is 10.4. The van der Waals surface area contributed by atoms with Gasteiger partial charge in [-0.05, 0) is 12.1 Å². The molecule has 1 rings (SSSR count). The Balaban J connectivity index is 2.76. The van der Waals surface area contributed by atoms with Gasteiger partial charge in [0.2, 0.25) is 0 Å². The van der Waals surface area contributed by atoms with Crippen molar-refractivity contribution in [2.75, 3.05) is 18.5 Å². The molecule has 1 aromatic heterocycles. The van der Waals surface area contributed by atoms with Crippen LogP contribution in [0.25, 0.3) is 0 Å². The molecule has 0 aromatic carbocycles. The molecule has 1 aromatic rings. The Kier molecular flexibility index (Phi) is 3.08. The summed E-state index contributed by atoms with van der Waals surface area (Å²) in [5.41, 5.74) is 0. The third-order valence-electron chi connectivity index (χ3n) is 1.46. The maximum absolute atomic E-state index is 10.4. The highest BCUT2D eigenvalue weighted by atomic mass is 35.5. The van der Waals surface area contributed by atoms with Gasteiger partial charge in [-0.1, -0.05) is 17.7 Å². The lowest BCUT2D eigenvalue weighted by Crippen LogP contribution is -2.25. The molecule has 0 amide bonds. The maximum atomic E-state index is 10.4. The molecule has 0 radical (unpaired) electrons. The molecular formula is C8H9ClN2O2. The third-order valence-corrected chi connectivity index (χ3v) is 1.67. The number of hydrogen-bond donors (Lipinski definition) is 1. The number of aliphatic carboxylic acids is 1. The lowest BCUT2D eigenvalue weighted by Gasteiger charge is -2.14. The van der Waals surface area contributed by atoms with Gasteiger partial charge in [0.1, 0.15) is 17.5 Å². The number of carbonyl (C=O) groups is 1. The highest BCUT2D eigenvalue weighted by Crippen LogP contribution is 2.12. The molecule has 13 heavy (non-hydrogen) atoms. The quantitative estimate of drug-likeness (QED) is 0.747. The minimum atomic E-state index is -0.899. The van der Waals surface area contributed by atoms with Crippen molar-refractivity contribution >= 4 is 23.4 Å². The van der Waals surface area contributed by atoms with Gasteiger partial charge in [0.15, 0.2) is 0 Å². The smallest absolute Gasteiger partial charge is 0.323 e. The van der Waals surface area contributed by atoms with E-state index in [1.807, 2.05) is 0 Å². The average Bonchev–Trinajstić information content (AvgIpc) is 2.03. The summed E-state index contributed by atoms with van der Waals surface area (Å²) < 4.78 is 0. The van der Waals surface area contributed by atoms with E-state index in [1.54, 1.807) is 25.2 Å². The first-order chi connectivity index (χ1) is 6.09. The first-order valence-electron chi connectivity index (χ1n) is 3.65. The minimum Gasteiger partial charge on any atom is -0.480 e. The zero-order valence-corrected chi connectivity index (χ0v) is 7.82. The molecule has 5 heteroatoms. The molecule has 0 aliphatic heterocycles. The average molecular weight is 201 g/mol.